The molecule has 1 atom stereocenters. The summed E-state index contributed by atoms with van der Waals surface area (Å²) in [5, 5.41) is 10.8. The third kappa shape index (κ3) is 9.68. The highest BCUT2D eigenvalue weighted by atomic mass is 35.5. The molecule has 0 bridgehead atoms. The van der Waals surface area contributed by atoms with E-state index in [1.807, 2.05) is 36.4 Å². The van der Waals surface area contributed by atoms with Gasteiger partial charge in [0.1, 0.15) is 35.3 Å². The molecule has 4 N–H and O–H groups in total. The highest BCUT2D eigenvalue weighted by molar-refractivity contribution is 6.36. The summed E-state index contributed by atoms with van der Waals surface area (Å²) in [4.78, 5) is 82.7. The van der Waals surface area contributed by atoms with Gasteiger partial charge in [0.15, 0.2) is 5.78 Å². The number of para-hydroxylation sites is 1. The summed E-state index contributed by atoms with van der Waals surface area (Å²) < 4.78 is 5.92. The molecule has 348 valence electrons. The lowest BCUT2D eigenvalue weighted by molar-refractivity contribution is -0.136. The van der Waals surface area contributed by atoms with Crippen molar-refractivity contribution in [2.24, 2.45) is 11.8 Å². The van der Waals surface area contributed by atoms with Crippen molar-refractivity contribution in [2.45, 2.75) is 88.8 Å². The van der Waals surface area contributed by atoms with Gasteiger partial charge in [-0.2, -0.15) is 0 Å². The molecule has 10 rings (SSSR count). The van der Waals surface area contributed by atoms with Crippen molar-refractivity contribution in [1.29, 1.82) is 0 Å². The Morgan fingerprint density at radius 1 is 0.761 bits per heavy atom. The first kappa shape index (κ1) is 44.7. The molecule has 4 amide bonds. The number of nitrogens with one attached hydrogen (secondary N) is 4. The predicted octanol–water partition coefficient (Wildman–Crippen LogP) is 7.37. The van der Waals surface area contributed by atoms with E-state index in [0.717, 1.165) is 94.3 Å². The Morgan fingerprint density at radius 2 is 1.51 bits per heavy atom. The number of ether oxygens (including phenoxy) is 1. The molecular formula is C51H56ClN9O6. The molecule has 5 aromatic rings. The van der Waals surface area contributed by atoms with E-state index in [0.29, 0.717) is 67.6 Å². The normalized spacial score (nSPS) is 22.0. The van der Waals surface area contributed by atoms with Gasteiger partial charge in [-0.25, -0.2) is 9.97 Å². The van der Waals surface area contributed by atoms with Crippen LogP contribution in [0.5, 0.6) is 11.5 Å². The third-order valence-electron chi connectivity index (χ3n) is 14.6. The van der Waals surface area contributed by atoms with Crippen molar-refractivity contribution in [3.8, 4) is 11.5 Å². The summed E-state index contributed by atoms with van der Waals surface area (Å²) in [6.45, 7) is 6.21. The summed E-state index contributed by atoms with van der Waals surface area (Å²) in [5.74, 6) is 1.11. The smallest absolute Gasteiger partial charge is 0.262 e. The van der Waals surface area contributed by atoms with Gasteiger partial charge in [-0.3, -0.25) is 34.2 Å². The first-order valence-corrected chi connectivity index (χ1v) is 24.2. The van der Waals surface area contributed by atoms with Crippen molar-refractivity contribution in [1.82, 2.24) is 35.4 Å². The molecule has 1 unspecified atom stereocenters. The van der Waals surface area contributed by atoms with Crippen molar-refractivity contribution in [3.05, 3.63) is 107 Å². The van der Waals surface area contributed by atoms with Gasteiger partial charge in [0.25, 0.3) is 11.8 Å². The van der Waals surface area contributed by atoms with E-state index in [4.69, 9.17) is 16.3 Å². The van der Waals surface area contributed by atoms with Crippen LogP contribution in [0.2, 0.25) is 5.02 Å². The number of hydrogen-bond donors (Lipinski definition) is 4. The van der Waals surface area contributed by atoms with E-state index in [9.17, 15) is 24.0 Å². The molecule has 2 aromatic heterocycles. The summed E-state index contributed by atoms with van der Waals surface area (Å²) >= 11 is 6.65. The van der Waals surface area contributed by atoms with Gasteiger partial charge in [0.2, 0.25) is 11.8 Å². The first-order chi connectivity index (χ1) is 32.6. The van der Waals surface area contributed by atoms with Crippen LogP contribution >= 0.6 is 11.6 Å². The fourth-order valence-corrected chi connectivity index (χ4v) is 11.0. The van der Waals surface area contributed by atoms with Gasteiger partial charge in [-0.15, -0.1) is 0 Å². The highest BCUT2D eigenvalue weighted by Crippen LogP contribution is 2.35. The maximum absolute atomic E-state index is 13.9. The second-order valence-electron chi connectivity index (χ2n) is 18.8. The number of hydrogen-bond acceptors (Lipinski definition) is 12. The zero-order chi connectivity index (χ0) is 46.0. The quantitative estimate of drug-likeness (QED) is 0.0643. The number of benzene rings is 3. The van der Waals surface area contributed by atoms with Gasteiger partial charge in [-0.05, 0) is 138 Å². The van der Waals surface area contributed by atoms with Crippen molar-refractivity contribution in [3.63, 3.8) is 0 Å². The number of carbonyl (C=O) groups is 5. The minimum absolute atomic E-state index is 0.102. The molecule has 67 heavy (non-hydrogen) atoms. The SMILES string of the molecule is O=C1CCC(N2C(=O)c3ccc(N4CCC(CN5CCC(CCNC6CCC(Nc7ncnc8[nH]cc(C(=O)c9ccc(Oc%10ccccc%10)cc9Cl)c78)CC6)CC5)CC4)cc3C2=O)C(=O)N1. The Bertz CT molecular complexity index is 2670. The van der Waals surface area contributed by atoms with Crippen LogP contribution in [-0.2, 0) is 9.59 Å². The molecule has 1 saturated carbocycles. The third-order valence-corrected chi connectivity index (χ3v) is 14.9. The number of aromatic nitrogens is 3. The van der Waals surface area contributed by atoms with Crippen molar-refractivity contribution >= 4 is 63.6 Å². The Labute approximate surface area is 394 Å². The second-order valence-corrected chi connectivity index (χ2v) is 19.2. The monoisotopic (exact) mass is 925 g/mol. The molecular weight excluding hydrogens is 870 g/mol. The molecule has 4 fully saturated rings. The van der Waals surface area contributed by atoms with Crippen LogP contribution in [0.1, 0.15) is 107 Å². The fourth-order valence-electron chi connectivity index (χ4n) is 10.7. The number of fused-ring (bicyclic) bond motifs is 2. The Kier molecular flexibility index (Phi) is 13.1. The molecule has 0 radical (unpaired) electrons. The van der Waals surface area contributed by atoms with Crippen molar-refractivity contribution in [2.75, 3.05) is 49.5 Å². The van der Waals surface area contributed by atoms with E-state index in [1.54, 1.807) is 36.5 Å². The number of halogens is 1. The maximum atomic E-state index is 13.9. The largest absolute Gasteiger partial charge is 0.457 e. The lowest BCUT2D eigenvalue weighted by atomic mass is 9.89. The number of imide groups is 2. The molecule has 0 spiro atoms. The summed E-state index contributed by atoms with van der Waals surface area (Å²) in [7, 11) is 0. The number of carbonyl (C=O) groups excluding carboxylic acids is 5. The number of rotatable bonds is 14. The zero-order valence-electron chi connectivity index (χ0n) is 37.5. The first-order valence-electron chi connectivity index (χ1n) is 23.9. The van der Waals surface area contributed by atoms with Crippen LogP contribution in [0.15, 0.2) is 79.3 Å². The highest BCUT2D eigenvalue weighted by Gasteiger charge is 2.45. The number of anilines is 2. The number of H-pyrrole nitrogens is 1. The summed E-state index contributed by atoms with van der Waals surface area (Å²) in [5.41, 5.74) is 3.01. The van der Waals surface area contributed by atoms with Crippen LogP contribution in [0.4, 0.5) is 11.5 Å². The maximum Gasteiger partial charge on any atom is 0.262 e. The molecule has 3 aromatic carbocycles. The molecule has 6 heterocycles. The van der Waals surface area contributed by atoms with Crippen molar-refractivity contribution < 1.29 is 28.7 Å². The van der Waals surface area contributed by atoms with Crippen LogP contribution in [-0.4, -0.2) is 112 Å². The predicted molar refractivity (Wildman–Crippen MR) is 255 cm³/mol. The van der Waals surface area contributed by atoms with Gasteiger partial charge < -0.3 is 30.2 Å². The number of ketones is 1. The average molecular weight is 927 g/mol. The number of amides is 4. The number of likely N-dealkylation sites (tertiary alicyclic amines) is 1. The van der Waals surface area contributed by atoms with E-state index in [1.165, 1.54) is 25.6 Å². The fraction of sp³-hybridized carbons (Fsp3) is 0.431. The Hall–Kier alpha value is -6.16. The average Bonchev–Trinajstić information content (AvgIpc) is 3.89. The summed E-state index contributed by atoms with van der Waals surface area (Å²) in [6, 6.07) is 19.7. The Balaban J connectivity index is 0.635. The molecule has 4 aliphatic heterocycles. The van der Waals surface area contributed by atoms with Gasteiger partial charge in [0.05, 0.1) is 27.1 Å². The van der Waals surface area contributed by atoms with Crippen LogP contribution in [0.3, 0.4) is 0 Å². The molecule has 3 saturated heterocycles. The molecule has 16 heteroatoms. The number of piperidine rings is 3. The van der Waals surface area contributed by atoms with E-state index in [-0.39, 0.29) is 30.6 Å². The van der Waals surface area contributed by atoms with Gasteiger partial charge in [0, 0.05) is 61.7 Å². The van der Waals surface area contributed by atoms with E-state index in [2.05, 4.69) is 40.7 Å². The zero-order valence-corrected chi connectivity index (χ0v) is 38.2. The second kappa shape index (κ2) is 19.6. The van der Waals surface area contributed by atoms with Gasteiger partial charge >= 0.3 is 0 Å². The lowest BCUT2D eigenvalue weighted by Gasteiger charge is -2.38. The molecule has 15 nitrogen and oxygen atoms in total. The minimum atomic E-state index is -0.960. The number of nitrogens with zero attached hydrogens (tertiary/aromatic N) is 5. The topological polar surface area (TPSA) is 182 Å². The van der Waals surface area contributed by atoms with E-state index >= 15 is 0 Å². The molecule has 5 aliphatic rings. The van der Waals surface area contributed by atoms with Gasteiger partial charge in [-0.1, -0.05) is 29.8 Å². The van der Waals surface area contributed by atoms with Crippen LogP contribution in [0.25, 0.3) is 11.0 Å². The Morgan fingerprint density at radius 3 is 2.27 bits per heavy atom. The van der Waals surface area contributed by atoms with Crippen LogP contribution < -0.4 is 25.6 Å². The summed E-state index contributed by atoms with van der Waals surface area (Å²) in [6.07, 6.45) is 13.4. The van der Waals surface area contributed by atoms with E-state index < -0.39 is 23.8 Å². The molecule has 1 aliphatic carbocycles. The standard InChI is InChI=1S/C51H56ClN9O6/c52-42-27-37(67-36-4-2-1-3-5-36)11-13-39(42)46(63)41-28-54-47-45(41)48(56-30-55-47)57-34-8-6-33(7-9-34)53-21-16-31-17-22-59(23-18-31)29-32-19-24-60(25-20-32)35-10-12-38-40(26-35)51(66)61(50(38)65)43-14-15-44(62)58-49(43)64/h1-5,10-13,26-28,30-34,43,53H,6-9,14-25,29H2,(H,58,62,64)(H2,54,55,56,57). The minimum Gasteiger partial charge on any atom is -0.457 e. The number of aromatic amines is 1. The van der Waals surface area contributed by atoms with Crippen LogP contribution in [0, 0.1) is 11.8 Å². The lowest BCUT2D eigenvalue weighted by Crippen LogP contribution is -2.54.